The zero-order valence-corrected chi connectivity index (χ0v) is 12.4. The highest BCUT2D eigenvalue weighted by molar-refractivity contribution is 14.1. The fourth-order valence-electron chi connectivity index (χ4n) is 1.18. The number of rotatable bonds is 4. The van der Waals surface area contributed by atoms with Gasteiger partial charge in [-0.15, -0.1) is 0 Å². The van der Waals surface area contributed by atoms with E-state index in [1.807, 2.05) is 22.6 Å². The molecule has 1 aromatic rings. The highest BCUT2D eigenvalue weighted by Gasteiger charge is 2.17. The lowest BCUT2D eigenvalue weighted by Crippen LogP contribution is -2.33. The first-order chi connectivity index (χ1) is 8.45. The number of methoxy groups -OCH3 is 1. The van der Waals surface area contributed by atoms with Crippen LogP contribution in [0.2, 0.25) is 5.02 Å². The normalized spacial score (nSPS) is 11.7. The molecule has 0 aliphatic carbocycles. The number of phenolic OH excluding ortho intramolecular Hbond substituents is 1. The number of phenols is 1. The highest BCUT2D eigenvalue weighted by atomic mass is 127. The van der Waals surface area contributed by atoms with E-state index in [1.54, 1.807) is 0 Å². The van der Waals surface area contributed by atoms with Crippen molar-refractivity contribution in [1.82, 2.24) is 5.32 Å². The molecule has 0 radical (unpaired) electrons. The molecule has 18 heavy (non-hydrogen) atoms. The molecule has 2 N–H and O–H groups in total. The van der Waals surface area contributed by atoms with Gasteiger partial charge in [-0.2, -0.15) is 0 Å². The number of carbonyl (C=O) groups excluding carboxylic acids is 2. The van der Waals surface area contributed by atoms with Gasteiger partial charge in [-0.05, 0) is 18.2 Å². The molecule has 0 spiro atoms. The smallest absolute Gasteiger partial charge is 0.320 e. The predicted octanol–water partition coefficient (Wildman–Crippen LogP) is 1.75. The lowest BCUT2D eigenvalue weighted by atomic mass is 10.2. The predicted molar refractivity (Wildman–Crippen MR) is 75.3 cm³/mol. The van der Waals surface area contributed by atoms with Crippen LogP contribution in [0.15, 0.2) is 18.2 Å². The Morgan fingerprint density at radius 1 is 1.56 bits per heavy atom. The van der Waals surface area contributed by atoms with Crippen molar-refractivity contribution in [3.8, 4) is 5.75 Å². The summed E-state index contributed by atoms with van der Waals surface area (Å²) in [5.74, 6) is -0.928. The maximum Gasteiger partial charge on any atom is 0.320 e. The van der Waals surface area contributed by atoms with Crippen molar-refractivity contribution in [2.24, 2.45) is 0 Å². The minimum Gasteiger partial charge on any atom is -0.508 e. The van der Waals surface area contributed by atoms with Gasteiger partial charge in [-0.1, -0.05) is 34.2 Å². The summed E-state index contributed by atoms with van der Waals surface area (Å²) in [5.41, 5.74) is 0.158. The summed E-state index contributed by atoms with van der Waals surface area (Å²) in [4.78, 5) is 22.9. The van der Waals surface area contributed by atoms with E-state index in [2.05, 4.69) is 10.1 Å². The van der Waals surface area contributed by atoms with E-state index < -0.39 is 15.8 Å². The van der Waals surface area contributed by atoms with E-state index in [4.69, 9.17) is 11.6 Å². The SMILES string of the molecule is COC(=O)C(I)CNC(=O)c1cc(O)ccc1Cl. The second-order valence-corrected chi connectivity index (χ2v) is 5.28. The van der Waals surface area contributed by atoms with Gasteiger partial charge < -0.3 is 15.2 Å². The van der Waals surface area contributed by atoms with Crippen molar-refractivity contribution in [3.63, 3.8) is 0 Å². The quantitative estimate of drug-likeness (QED) is 0.472. The minimum absolute atomic E-state index is 0.0523. The number of halogens is 2. The largest absolute Gasteiger partial charge is 0.508 e. The third-order valence-corrected chi connectivity index (χ3v) is 3.37. The molecule has 0 heterocycles. The fourth-order valence-corrected chi connectivity index (χ4v) is 1.85. The Morgan fingerprint density at radius 2 is 2.22 bits per heavy atom. The van der Waals surface area contributed by atoms with Crippen LogP contribution in [0.1, 0.15) is 10.4 Å². The van der Waals surface area contributed by atoms with Gasteiger partial charge in [0.1, 0.15) is 9.67 Å². The number of aromatic hydroxyl groups is 1. The molecule has 0 aromatic heterocycles. The summed E-state index contributed by atoms with van der Waals surface area (Å²) < 4.78 is 4.05. The lowest BCUT2D eigenvalue weighted by Gasteiger charge is -2.10. The molecular weight excluding hydrogens is 372 g/mol. The Kier molecular flexibility index (Phi) is 5.67. The summed E-state index contributed by atoms with van der Waals surface area (Å²) >= 11 is 7.69. The monoisotopic (exact) mass is 383 g/mol. The molecule has 0 fully saturated rings. The van der Waals surface area contributed by atoms with E-state index in [0.29, 0.717) is 0 Å². The zero-order chi connectivity index (χ0) is 13.7. The summed E-state index contributed by atoms with van der Waals surface area (Å²) in [6, 6.07) is 4.07. The van der Waals surface area contributed by atoms with Gasteiger partial charge in [-0.3, -0.25) is 9.59 Å². The molecule has 0 bridgehead atoms. The van der Waals surface area contributed by atoms with Gasteiger partial charge in [0.15, 0.2) is 0 Å². The van der Waals surface area contributed by atoms with Crippen LogP contribution in [0.25, 0.3) is 0 Å². The first-order valence-corrected chi connectivity index (χ1v) is 6.56. The number of ether oxygens (including phenoxy) is 1. The van der Waals surface area contributed by atoms with Crippen molar-refractivity contribution in [2.75, 3.05) is 13.7 Å². The second kappa shape index (κ2) is 6.79. The average molecular weight is 384 g/mol. The summed E-state index contributed by atoms with van der Waals surface area (Å²) in [6.45, 7) is 0.123. The van der Waals surface area contributed by atoms with Crippen molar-refractivity contribution in [3.05, 3.63) is 28.8 Å². The first kappa shape index (κ1) is 15.0. The van der Waals surface area contributed by atoms with Crippen LogP contribution in [-0.2, 0) is 9.53 Å². The number of carbonyl (C=O) groups is 2. The third-order valence-electron chi connectivity index (χ3n) is 2.09. The molecule has 0 saturated carbocycles. The van der Waals surface area contributed by atoms with Crippen molar-refractivity contribution < 1.29 is 19.4 Å². The van der Waals surface area contributed by atoms with Crippen molar-refractivity contribution in [2.45, 2.75) is 3.92 Å². The molecular formula is C11H11ClINO4. The van der Waals surface area contributed by atoms with E-state index in [1.165, 1.54) is 25.3 Å². The topological polar surface area (TPSA) is 75.6 Å². The van der Waals surface area contributed by atoms with Gasteiger partial charge in [-0.25, -0.2) is 0 Å². The molecule has 5 nitrogen and oxygen atoms in total. The molecule has 0 aliphatic rings. The van der Waals surface area contributed by atoms with Crippen LogP contribution in [0.5, 0.6) is 5.75 Å². The second-order valence-electron chi connectivity index (χ2n) is 3.36. The standard InChI is InChI=1S/C11H11ClINO4/c1-18-11(17)9(13)5-14-10(16)7-4-6(15)2-3-8(7)12/h2-4,9,15H,5H2,1H3,(H,14,16). The Morgan fingerprint density at radius 3 is 2.83 bits per heavy atom. The Labute approximate surface area is 123 Å². The molecule has 0 aliphatic heterocycles. The number of esters is 1. The maximum atomic E-state index is 11.8. The summed E-state index contributed by atoms with van der Waals surface area (Å²) in [5, 5.41) is 12.0. The maximum absolute atomic E-state index is 11.8. The van der Waals surface area contributed by atoms with Crippen LogP contribution in [0, 0.1) is 0 Å². The van der Waals surface area contributed by atoms with Crippen molar-refractivity contribution >= 4 is 46.1 Å². The van der Waals surface area contributed by atoms with Gasteiger partial charge in [0.2, 0.25) is 0 Å². The summed E-state index contributed by atoms with van der Waals surface area (Å²) in [6.07, 6.45) is 0. The van der Waals surface area contributed by atoms with Crippen LogP contribution in [0.3, 0.4) is 0 Å². The Balaban J connectivity index is 2.66. The van der Waals surface area contributed by atoms with E-state index in [-0.39, 0.29) is 22.9 Å². The number of hydrogen-bond acceptors (Lipinski definition) is 4. The molecule has 0 saturated heterocycles. The molecule has 1 atom stereocenters. The van der Waals surface area contributed by atoms with E-state index in [0.717, 1.165) is 0 Å². The van der Waals surface area contributed by atoms with Crippen LogP contribution >= 0.6 is 34.2 Å². The molecule has 7 heteroatoms. The van der Waals surface area contributed by atoms with Crippen molar-refractivity contribution in [1.29, 1.82) is 0 Å². The van der Waals surface area contributed by atoms with E-state index >= 15 is 0 Å². The number of alkyl halides is 1. The third kappa shape index (κ3) is 4.02. The minimum atomic E-state index is -0.479. The molecule has 1 unspecified atom stereocenters. The highest BCUT2D eigenvalue weighted by Crippen LogP contribution is 2.20. The van der Waals surface area contributed by atoms with Gasteiger partial charge in [0.05, 0.1) is 17.7 Å². The Bertz CT molecular complexity index is 466. The number of hydrogen-bond donors (Lipinski definition) is 2. The molecule has 98 valence electrons. The average Bonchev–Trinajstić information content (AvgIpc) is 2.37. The number of nitrogens with one attached hydrogen (secondary N) is 1. The number of amides is 1. The first-order valence-electron chi connectivity index (χ1n) is 4.94. The fraction of sp³-hybridized carbons (Fsp3) is 0.273. The zero-order valence-electron chi connectivity index (χ0n) is 9.44. The molecule has 1 rings (SSSR count). The van der Waals surface area contributed by atoms with Gasteiger partial charge >= 0.3 is 5.97 Å². The Hall–Kier alpha value is -1.02. The van der Waals surface area contributed by atoms with Crippen LogP contribution in [-0.4, -0.2) is 34.6 Å². The number of benzene rings is 1. The lowest BCUT2D eigenvalue weighted by molar-refractivity contribution is -0.139. The van der Waals surface area contributed by atoms with E-state index in [9.17, 15) is 14.7 Å². The van der Waals surface area contributed by atoms with Gasteiger partial charge in [0.25, 0.3) is 5.91 Å². The summed E-state index contributed by atoms with van der Waals surface area (Å²) in [7, 11) is 1.28. The molecule has 1 aromatic carbocycles. The molecule has 1 amide bonds. The van der Waals surface area contributed by atoms with Crippen LogP contribution in [0.4, 0.5) is 0 Å². The van der Waals surface area contributed by atoms with Crippen LogP contribution < -0.4 is 5.32 Å². The van der Waals surface area contributed by atoms with Gasteiger partial charge in [0, 0.05) is 6.54 Å².